The van der Waals surface area contributed by atoms with E-state index in [4.69, 9.17) is 0 Å². The van der Waals surface area contributed by atoms with Gasteiger partial charge in [0.2, 0.25) is 5.91 Å². The molecule has 24 heavy (non-hydrogen) atoms. The molecule has 0 spiro atoms. The van der Waals surface area contributed by atoms with Gasteiger partial charge in [0.25, 0.3) is 0 Å². The molecule has 0 aliphatic heterocycles. The summed E-state index contributed by atoms with van der Waals surface area (Å²) in [7, 11) is 0. The van der Waals surface area contributed by atoms with Gasteiger partial charge < -0.3 is 5.32 Å². The van der Waals surface area contributed by atoms with E-state index in [1.165, 1.54) is 12.1 Å². The van der Waals surface area contributed by atoms with Crippen molar-refractivity contribution in [3.05, 3.63) is 87.9 Å². The van der Waals surface area contributed by atoms with Gasteiger partial charge in [-0.3, -0.25) is 4.79 Å². The van der Waals surface area contributed by atoms with Crippen LogP contribution in [0.2, 0.25) is 0 Å². The van der Waals surface area contributed by atoms with Crippen LogP contribution in [0.25, 0.3) is 0 Å². The second-order valence-corrected chi connectivity index (χ2v) is 6.11. The van der Waals surface area contributed by atoms with Crippen molar-refractivity contribution in [1.82, 2.24) is 0 Å². The molecule has 0 fully saturated rings. The van der Waals surface area contributed by atoms with E-state index in [-0.39, 0.29) is 18.1 Å². The lowest BCUT2D eigenvalue weighted by molar-refractivity contribution is -0.115. The van der Waals surface area contributed by atoms with Crippen LogP contribution in [0.5, 0.6) is 0 Å². The minimum atomic E-state index is -0.309. The molecule has 0 unspecified atom stereocenters. The Hall–Kier alpha value is -2.90. The van der Waals surface area contributed by atoms with Crippen LogP contribution in [0, 0.1) is 17.7 Å². The molecule has 0 saturated heterocycles. The molecule has 0 bridgehead atoms. The van der Waals surface area contributed by atoms with Crippen molar-refractivity contribution in [2.75, 3.05) is 5.32 Å². The highest BCUT2D eigenvalue weighted by atomic mass is 32.1. The molecule has 1 heterocycles. The van der Waals surface area contributed by atoms with Gasteiger partial charge in [-0.15, -0.1) is 11.3 Å². The van der Waals surface area contributed by atoms with Gasteiger partial charge in [-0.25, -0.2) is 4.39 Å². The lowest BCUT2D eigenvalue weighted by Gasteiger charge is -2.06. The second-order valence-electron chi connectivity index (χ2n) is 5.16. The molecule has 4 heteroatoms. The van der Waals surface area contributed by atoms with Crippen LogP contribution in [-0.4, -0.2) is 5.91 Å². The molecular formula is C20H14FNOS. The van der Waals surface area contributed by atoms with Crippen molar-refractivity contribution in [2.24, 2.45) is 0 Å². The maximum atomic E-state index is 12.9. The van der Waals surface area contributed by atoms with Gasteiger partial charge in [-0.1, -0.05) is 36.1 Å². The van der Waals surface area contributed by atoms with Gasteiger partial charge in [-0.2, -0.15) is 0 Å². The summed E-state index contributed by atoms with van der Waals surface area (Å²) in [6.07, 6.45) is 0.200. The second kappa shape index (κ2) is 7.58. The highest BCUT2D eigenvalue weighted by Crippen LogP contribution is 2.12. The topological polar surface area (TPSA) is 29.1 Å². The van der Waals surface area contributed by atoms with Crippen LogP contribution >= 0.6 is 11.3 Å². The van der Waals surface area contributed by atoms with E-state index in [0.717, 1.165) is 16.0 Å². The number of carbonyl (C=O) groups excluding carboxylic acids is 1. The fraction of sp³-hybridized carbons (Fsp3) is 0.0500. The monoisotopic (exact) mass is 335 g/mol. The van der Waals surface area contributed by atoms with Crippen molar-refractivity contribution in [3.63, 3.8) is 0 Å². The van der Waals surface area contributed by atoms with E-state index in [9.17, 15) is 9.18 Å². The summed E-state index contributed by atoms with van der Waals surface area (Å²) in [5.74, 6) is 5.71. The number of benzene rings is 2. The number of nitrogens with one attached hydrogen (secondary N) is 1. The quantitative estimate of drug-likeness (QED) is 0.703. The van der Waals surface area contributed by atoms with Crippen LogP contribution in [-0.2, 0) is 11.2 Å². The predicted molar refractivity (Wildman–Crippen MR) is 95.5 cm³/mol. The molecule has 3 aromatic rings. The largest absolute Gasteiger partial charge is 0.326 e. The molecule has 3 rings (SSSR count). The Kier molecular flexibility index (Phi) is 5.05. The van der Waals surface area contributed by atoms with Crippen molar-refractivity contribution in [1.29, 1.82) is 0 Å². The van der Waals surface area contributed by atoms with Gasteiger partial charge >= 0.3 is 0 Å². The molecular weight excluding hydrogens is 321 g/mol. The first-order chi connectivity index (χ1) is 11.7. The number of anilines is 1. The minimum absolute atomic E-state index is 0.148. The average Bonchev–Trinajstić information content (AvgIpc) is 3.09. The predicted octanol–water partition coefficient (Wildman–Crippen LogP) is 4.47. The fourth-order valence-electron chi connectivity index (χ4n) is 2.15. The Labute approximate surface area is 144 Å². The van der Waals surface area contributed by atoms with Crippen LogP contribution in [0.15, 0.2) is 66.0 Å². The molecule has 0 saturated carbocycles. The number of hydrogen-bond acceptors (Lipinski definition) is 2. The summed E-state index contributed by atoms with van der Waals surface area (Å²) in [5.41, 5.74) is 2.30. The van der Waals surface area contributed by atoms with Crippen molar-refractivity contribution >= 4 is 22.9 Å². The van der Waals surface area contributed by atoms with E-state index >= 15 is 0 Å². The first-order valence-electron chi connectivity index (χ1n) is 7.39. The maximum Gasteiger partial charge on any atom is 0.228 e. The van der Waals surface area contributed by atoms with Crippen LogP contribution < -0.4 is 5.32 Å². The van der Waals surface area contributed by atoms with Crippen molar-refractivity contribution in [3.8, 4) is 11.8 Å². The summed E-state index contributed by atoms with van der Waals surface area (Å²) in [5, 5.41) is 4.82. The molecule has 0 radical (unpaired) electrons. The summed E-state index contributed by atoms with van der Waals surface area (Å²) >= 11 is 1.59. The van der Waals surface area contributed by atoms with Crippen LogP contribution in [0.1, 0.15) is 16.0 Å². The van der Waals surface area contributed by atoms with E-state index in [0.29, 0.717) is 5.69 Å². The molecule has 0 aliphatic rings. The third kappa shape index (κ3) is 4.55. The van der Waals surface area contributed by atoms with Gasteiger partial charge in [-0.05, 0) is 47.3 Å². The Morgan fingerprint density at radius 2 is 1.88 bits per heavy atom. The van der Waals surface area contributed by atoms with E-state index in [1.807, 2.05) is 41.8 Å². The molecule has 118 valence electrons. The van der Waals surface area contributed by atoms with Gasteiger partial charge in [0, 0.05) is 11.3 Å². The molecule has 1 amide bonds. The third-order valence-electron chi connectivity index (χ3n) is 3.28. The smallest absolute Gasteiger partial charge is 0.228 e. The zero-order valence-corrected chi connectivity index (χ0v) is 13.6. The zero-order chi connectivity index (χ0) is 16.8. The maximum absolute atomic E-state index is 12.9. The number of carbonyl (C=O) groups is 1. The molecule has 0 atom stereocenters. The number of rotatable bonds is 3. The molecule has 1 aromatic heterocycles. The fourth-order valence-corrected chi connectivity index (χ4v) is 2.72. The summed E-state index contributed by atoms with van der Waals surface area (Å²) in [6.45, 7) is 0. The molecule has 0 aliphatic carbocycles. The van der Waals surface area contributed by atoms with Gasteiger partial charge in [0.05, 0.1) is 11.3 Å². The third-order valence-corrected chi connectivity index (χ3v) is 4.06. The van der Waals surface area contributed by atoms with E-state index < -0.39 is 0 Å². The number of thiophene rings is 1. The Balaban J connectivity index is 1.65. The first-order valence-corrected chi connectivity index (χ1v) is 8.27. The molecule has 2 aromatic carbocycles. The van der Waals surface area contributed by atoms with Gasteiger partial charge in [0.1, 0.15) is 5.82 Å². The van der Waals surface area contributed by atoms with E-state index in [1.54, 1.807) is 23.5 Å². The average molecular weight is 335 g/mol. The molecule has 2 nitrogen and oxygen atoms in total. The molecule has 1 N–H and O–H groups in total. The van der Waals surface area contributed by atoms with Crippen LogP contribution in [0.4, 0.5) is 10.1 Å². The Bertz CT molecular complexity index is 889. The summed E-state index contributed by atoms with van der Waals surface area (Å²) in [6, 6.07) is 17.2. The Morgan fingerprint density at radius 3 is 2.62 bits per heavy atom. The lowest BCUT2D eigenvalue weighted by Crippen LogP contribution is -2.14. The van der Waals surface area contributed by atoms with Crippen molar-refractivity contribution in [2.45, 2.75) is 6.42 Å². The SMILES string of the molecule is O=C(Cc1ccc(F)cc1)Nc1cccc(C#Cc2cccs2)c1. The number of amides is 1. The lowest BCUT2D eigenvalue weighted by atomic mass is 10.1. The zero-order valence-electron chi connectivity index (χ0n) is 12.8. The highest BCUT2D eigenvalue weighted by molar-refractivity contribution is 7.10. The summed E-state index contributed by atoms with van der Waals surface area (Å²) in [4.78, 5) is 13.1. The van der Waals surface area contributed by atoms with E-state index in [2.05, 4.69) is 17.2 Å². The Morgan fingerprint density at radius 1 is 1.04 bits per heavy atom. The normalized spacial score (nSPS) is 9.88. The minimum Gasteiger partial charge on any atom is -0.326 e. The van der Waals surface area contributed by atoms with Gasteiger partial charge in [0.15, 0.2) is 0 Å². The standard InChI is InChI=1S/C20H14FNOS/c21-17-9-6-16(7-10-17)14-20(23)22-18-4-1-3-15(13-18)8-11-19-5-2-12-24-19/h1-7,9-10,12-13H,14H2,(H,22,23). The number of hydrogen-bond donors (Lipinski definition) is 1. The van der Waals surface area contributed by atoms with Crippen LogP contribution in [0.3, 0.4) is 0 Å². The summed E-state index contributed by atoms with van der Waals surface area (Å²) < 4.78 is 12.9. The highest BCUT2D eigenvalue weighted by Gasteiger charge is 2.04. The van der Waals surface area contributed by atoms with Crippen molar-refractivity contribution < 1.29 is 9.18 Å². The number of halogens is 1. The first kappa shape index (κ1) is 16.0.